The van der Waals surface area contributed by atoms with Crippen LogP contribution in [0.2, 0.25) is 0 Å². The maximum absolute atomic E-state index is 5.79. The molecule has 0 spiro atoms. The maximum atomic E-state index is 5.79. The SMILES string of the molecule is CCNC(=NCC1CCN(Cc2nc(C)c(C)o2)CC1)NCCOc1ccc(C)cc1.I. The quantitative estimate of drug-likeness (QED) is 0.211. The molecule has 1 fully saturated rings. The van der Waals surface area contributed by atoms with E-state index in [4.69, 9.17) is 14.1 Å². The Bertz CT molecular complexity index is 810. The summed E-state index contributed by atoms with van der Waals surface area (Å²) >= 11 is 0. The molecular weight excluding hydrogens is 517 g/mol. The van der Waals surface area contributed by atoms with E-state index in [1.165, 1.54) is 5.56 Å². The first-order valence-electron chi connectivity index (χ1n) is 11.4. The lowest BCUT2D eigenvalue weighted by atomic mass is 9.97. The van der Waals surface area contributed by atoms with Gasteiger partial charge in [0.15, 0.2) is 5.96 Å². The first-order chi connectivity index (χ1) is 15.0. The minimum atomic E-state index is 0. The summed E-state index contributed by atoms with van der Waals surface area (Å²) in [5.41, 5.74) is 2.23. The van der Waals surface area contributed by atoms with Gasteiger partial charge in [-0.3, -0.25) is 9.89 Å². The molecule has 32 heavy (non-hydrogen) atoms. The maximum Gasteiger partial charge on any atom is 0.208 e. The molecule has 0 amide bonds. The van der Waals surface area contributed by atoms with Crippen molar-refractivity contribution in [3.8, 4) is 5.75 Å². The number of piperidine rings is 1. The molecule has 8 heteroatoms. The van der Waals surface area contributed by atoms with Gasteiger partial charge in [0, 0.05) is 13.1 Å². The molecule has 1 saturated heterocycles. The molecule has 1 aromatic heterocycles. The van der Waals surface area contributed by atoms with Gasteiger partial charge in [0.25, 0.3) is 0 Å². The van der Waals surface area contributed by atoms with Crippen molar-refractivity contribution in [2.24, 2.45) is 10.9 Å². The summed E-state index contributed by atoms with van der Waals surface area (Å²) in [6.07, 6.45) is 2.30. The number of aliphatic imine (C=N–C) groups is 1. The standard InChI is InChI=1S/C24H37N5O2.HI/c1-5-25-24(26-12-15-30-22-8-6-18(2)7-9-22)27-16-21-10-13-29(14-11-21)17-23-28-19(3)20(4)31-23;/h6-9,21H,5,10-17H2,1-4H3,(H2,25,26,27);1H. The number of rotatable bonds is 9. The van der Waals surface area contributed by atoms with E-state index in [9.17, 15) is 0 Å². The van der Waals surface area contributed by atoms with Crippen molar-refractivity contribution in [2.45, 2.75) is 47.1 Å². The fourth-order valence-electron chi connectivity index (χ4n) is 3.66. The zero-order chi connectivity index (χ0) is 22.1. The average molecular weight is 556 g/mol. The molecule has 0 bridgehead atoms. The van der Waals surface area contributed by atoms with E-state index in [-0.39, 0.29) is 24.0 Å². The lowest BCUT2D eigenvalue weighted by molar-refractivity contribution is 0.166. The number of halogens is 1. The number of guanidine groups is 1. The van der Waals surface area contributed by atoms with Crippen molar-refractivity contribution >= 4 is 29.9 Å². The number of likely N-dealkylation sites (tertiary alicyclic amines) is 1. The number of aryl methyl sites for hydroxylation is 3. The fraction of sp³-hybridized carbons (Fsp3) is 0.583. The van der Waals surface area contributed by atoms with Crippen LogP contribution in [-0.2, 0) is 6.54 Å². The predicted molar refractivity (Wildman–Crippen MR) is 140 cm³/mol. The van der Waals surface area contributed by atoms with E-state index in [1.54, 1.807) is 0 Å². The first-order valence-corrected chi connectivity index (χ1v) is 11.4. The van der Waals surface area contributed by atoms with Gasteiger partial charge in [-0.05, 0) is 71.7 Å². The van der Waals surface area contributed by atoms with Crippen LogP contribution < -0.4 is 15.4 Å². The minimum Gasteiger partial charge on any atom is -0.492 e. The molecule has 1 aromatic carbocycles. The summed E-state index contributed by atoms with van der Waals surface area (Å²) in [5, 5.41) is 6.70. The van der Waals surface area contributed by atoms with Gasteiger partial charge in [0.05, 0.1) is 18.8 Å². The largest absolute Gasteiger partial charge is 0.492 e. The van der Waals surface area contributed by atoms with Crippen molar-refractivity contribution < 1.29 is 9.15 Å². The van der Waals surface area contributed by atoms with Gasteiger partial charge in [0.1, 0.15) is 18.1 Å². The highest BCUT2D eigenvalue weighted by atomic mass is 127. The molecule has 2 heterocycles. The normalized spacial score (nSPS) is 15.3. The van der Waals surface area contributed by atoms with E-state index >= 15 is 0 Å². The van der Waals surface area contributed by atoms with Crippen molar-refractivity contribution in [3.63, 3.8) is 0 Å². The third kappa shape index (κ3) is 8.61. The zero-order valence-corrected chi connectivity index (χ0v) is 22.1. The van der Waals surface area contributed by atoms with Gasteiger partial charge in [0.2, 0.25) is 5.89 Å². The highest BCUT2D eigenvalue weighted by Gasteiger charge is 2.20. The Hall–Kier alpha value is -1.81. The second-order valence-electron chi connectivity index (χ2n) is 8.28. The molecule has 0 atom stereocenters. The number of benzene rings is 1. The molecule has 178 valence electrons. The molecule has 0 saturated carbocycles. The van der Waals surface area contributed by atoms with E-state index in [0.717, 1.165) is 74.6 Å². The summed E-state index contributed by atoms with van der Waals surface area (Å²) in [7, 11) is 0. The number of hydrogen-bond acceptors (Lipinski definition) is 5. The van der Waals surface area contributed by atoms with E-state index in [1.807, 2.05) is 26.0 Å². The molecule has 3 rings (SSSR count). The summed E-state index contributed by atoms with van der Waals surface area (Å²) in [4.78, 5) is 11.7. The molecule has 1 aliphatic rings. The van der Waals surface area contributed by atoms with Crippen LogP contribution in [0, 0.1) is 26.7 Å². The topological polar surface area (TPSA) is 74.9 Å². The predicted octanol–water partition coefficient (Wildman–Crippen LogP) is 4.06. The molecule has 0 radical (unpaired) electrons. The Labute approximate surface area is 209 Å². The monoisotopic (exact) mass is 555 g/mol. The number of aromatic nitrogens is 1. The van der Waals surface area contributed by atoms with Gasteiger partial charge in [-0.25, -0.2) is 4.98 Å². The molecule has 0 aliphatic carbocycles. The average Bonchev–Trinajstić information content (AvgIpc) is 3.08. The Kier molecular flexibility index (Phi) is 11.3. The summed E-state index contributed by atoms with van der Waals surface area (Å²) in [6.45, 7) is 14.1. The molecule has 2 aromatic rings. The van der Waals surface area contributed by atoms with E-state index in [2.05, 4.69) is 46.5 Å². The number of nitrogens with zero attached hydrogens (tertiary/aromatic N) is 3. The molecular formula is C24H38IN5O2. The van der Waals surface area contributed by atoms with Crippen LogP contribution in [0.25, 0.3) is 0 Å². The van der Waals surface area contributed by atoms with Crippen LogP contribution in [0.3, 0.4) is 0 Å². The Morgan fingerprint density at radius 3 is 2.50 bits per heavy atom. The summed E-state index contributed by atoms with van der Waals surface area (Å²) in [5.74, 6) is 4.13. The lowest BCUT2D eigenvalue weighted by Gasteiger charge is -2.30. The van der Waals surface area contributed by atoms with Gasteiger partial charge in [-0.15, -0.1) is 24.0 Å². The molecule has 1 aliphatic heterocycles. The smallest absolute Gasteiger partial charge is 0.208 e. The summed E-state index contributed by atoms with van der Waals surface area (Å²) in [6, 6.07) is 8.14. The third-order valence-corrected chi connectivity index (χ3v) is 5.67. The second-order valence-corrected chi connectivity index (χ2v) is 8.28. The molecule has 2 N–H and O–H groups in total. The van der Waals surface area contributed by atoms with Gasteiger partial charge in [-0.2, -0.15) is 0 Å². The number of hydrogen-bond donors (Lipinski definition) is 2. The van der Waals surface area contributed by atoms with Crippen LogP contribution in [0.4, 0.5) is 0 Å². The van der Waals surface area contributed by atoms with Gasteiger partial charge in [-0.1, -0.05) is 17.7 Å². The Balaban J connectivity index is 0.00000363. The van der Waals surface area contributed by atoms with Crippen molar-refractivity contribution in [1.29, 1.82) is 0 Å². The van der Waals surface area contributed by atoms with E-state index in [0.29, 0.717) is 19.1 Å². The number of ether oxygens (including phenoxy) is 1. The Morgan fingerprint density at radius 2 is 1.88 bits per heavy atom. The highest BCUT2D eigenvalue weighted by molar-refractivity contribution is 14.0. The number of oxazole rings is 1. The van der Waals surface area contributed by atoms with Crippen LogP contribution in [0.15, 0.2) is 33.7 Å². The van der Waals surface area contributed by atoms with Crippen LogP contribution in [-0.4, -0.2) is 55.2 Å². The minimum absolute atomic E-state index is 0. The highest BCUT2D eigenvalue weighted by Crippen LogP contribution is 2.20. The lowest BCUT2D eigenvalue weighted by Crippen LogP contribution is -2.40. The zero-order valence-electron chi connectivity index (χ0n) is 19.8. The Morgan fingerprint density at radius 1 is 1.16 bits per heavy atom. The summed E-state index contributed by atoms with van der Waals surface area (Å²) < 4.78 is 11.5. The van der Waals surface area contributed by atoms with Gasteiger partial charge >= 0.3 is 0 Å². The third-order valence-electron chi connectivity index (χ3n) is 5.67. The van der Waals surface area contributed by atoms with Crippen LogP contribution in [0.5, 0.6) is 5.75 Å². The van der Waals surface area contributed by atoms with E-state index < -0.39 is 0 Å². The molecule has 7 nitrogen and oxygen atoms in total. The van der Waals surface area contributed by atoms with Crippen LogP contribution in [0.1, 0.15) is 42.7 Å². The van der Waals surface area contributed by atoms with Crippen molar-refractivity contribution in [3.05, 3.63) is 47.2 Å². The number of nitrogens with one attached hydrogen (secondary N) is 2. The van der Waals surface area contributed by atoms with Gasteiger partial charge < -0.3 is 19.8 Å². The van der Waals surface area contributed by atoms with Crippen LogP contribution >= 0.6 is 24.0 Å². The fourth-order valence-corrected chi connectivity index (χ4v) is 3.66. The molecule has 0 unspecified atom stereocenters. The van der Waals surface area contributed by atoms with Crippen molar-refractivity contribution in [1.82, 2.24) is 20.5 Å². The first kappa shape index (κ1) is 26.4. The second kappa shape index (κ2) is 13.7. The van der Waals surface area contributed by atoms with Crippen molar-refractivity contribution in [2.75, 3.05) is 39.3 Å².